The first-order chi connectivity index (χ1) is 14.1. The van der Waals surface area contributed by atoms with Gasteiger partial charge in [-0.3, -0.25) is 19.8 Å². The van der Waals surface area contributed by atoms with E-state index in [2.05, 4.69) is 28.4 Å². The molecule has 2 aromatic rings. The van der Waals surface area contributed by atoms with Crippen molar-refractivity contribution in [3.63, 3.8) is 0 Å². The molecule has 0 aliphatic carbocycles. The number of likely N-dealkylation sites (tertiary alicyclic amines) is 1. The van der Waals surface area contributed by atoms with Gasteiger partial charge in [0.15, 0.2) is 0 Å². The number of piperidine rings is 1. The van der Waals surface area contributed by atoms with Crippen LogP contribution in [0.25, 0.3) is 0 Å². The highest BCUT2D eigenvalue weighted by molar-refractivity contribution is 7.99. The minimum atomic E-state index is -0.409. The van der Waals surface area contributed by atoms with Crippen LogP contribution in [0.15, 0.2) is 48.5 Å². The molecule has 1 aliphatic heterocycles. The van der Waals surface area contributed by atoms with Gasteiger partial charge in [-0.1, -0.05) is 42.8 Å². The van der Waals surface area contributed by atoms with Gasteiger partial charge in [-0.2, -0.15) is 0 Å². The van der Waals surface area contributed by atoms with Gasteiger partial charge in [0.1, 0.15) is 0 Å². The van der Waals surface area contributed by atoms with Crippen molar-refractivity contribution in [2.45, 2.75) is 38.1 Å². The number of nitro benzene ring substituents is 1. The second kappa shape index (κ2) is 11.0. The van der Waals surface area contributed by atoms with Gasteiger partial charge in [-0.15, -0.1) is 11.8 Å². The topological polar surface area (TPSA) is 75.5 Å². The van der Waals surface area contributed by atoms with Gasteiger partial charge in [0, 0.05) is 31.0 Å². The van der Waals surface area contributed by atoms with Gasteiger partial charge < -0.3 is 5.32 Å². The molecule has 7 heteroatoms. The fourth-order valence-corrected chi connectivity index (χ4v) is 4.28. The number of non-ortho nitro benzene ring substituents is 1. The lowest BCUT2D eigenvalue weighted by Gasteiger charge is -2.27. The number of carbonyl (C=O) groups excluding carboxylic acids is 1. The summed E-state index contributed by atoms with van der Waals surface area (Å²) in [7, 11) is 0. The summed E-state index contributed by atoms with van der Waals surface area (Å²) in [6.07, 6.45) is 3.86. The van der Waals surface area contributed by atoms with Gasteiger partial charge in [-0.05, 0) is 42.6 Å². The molecule has 1 aliphatic rings. The summed E-state index contributed by atoms with van der Waals surface area (Å²) in [5.74, 6) is 1.02. The van der Waals surface area contributed by atoms with Gasteiger partial charge >= 0.3 is 0 Å². The molecular weight excluding hydrogens is 386 g/mol. The smallest absolute Gasteiger partial charge is 0.269 e. The number of amides is 1. The molecule has 0 bridgehead atoms. The highest BCUT2D eigenvalue weighted by atomic mass is 32.2. The molecule has 1 amide bonds. The second-order valence-corrected chi connectivity index (χ2v) is 8.28. The molecule has 3 rings (SSSR count). The Morgan fingerprint density at radius 1 is 1.03 bits per heavy atom. The molecular formula is C22H27N3O3S. The standard InChI is InChI=1S/C22H27N3O3S/c26-22(17-29-16-18-8-10-21(11-9-18)25(27)28)23-14-19-6-2-3-7-20(19)15-24-12-4-1-5-13-24/h2-3,6-11H,1,4-5,12-17H2,(H,23,26). The molecule has 0 saturated carbocycles. The molecule has 2 aromatic carbocycles. The molecule has 29 heavy (non-hydrogen) atoms. The average Bonchev–Trinajstić information content (AvgIpc) is 2.74. The Kier molecular flexibility index (Phi) is 8.07. The Morgan fingerprint density at radius 2 is 1.72 bits per heavy atom. The molecule has 1 N–H and O–H groups in total. The van der Waals surface area contributed by atoms with Crippen molar-refractivity contribution in [2.75, 3.05) is 18.8 Å². The van der Waals surface area contributed by atoms with Crippen LogP contribution in [0.5, 0.6) is 0 Å². The molecule has 0 radical (unpaired) electrons. The minimum absolute atomic E-state index is 0.00434. The summed E-state index contributed by atoms with van der Waals surface area (Å²) in [5, 5.41) is 13.7. The van der Waals surface area contributed by atoms with Crippen molar-refractivity contribution in [2.24, 2.45) is 0 Å². The Hall–Kier alpha value is -2.38. The zero-order valence-electron chi connectivity index (χ0n) is 16.5. The predicted molar refractivity (Wildman–Crippen MR) is 117 cm³/mol. The first-order valence-corrected chi connectivity index (χ1v) is 11.1. The summed E-state index contributed by atoms with van der Waals surface area (Å²) < 4.78 is 0. The number of nitrogens with one attached hydrogen (secondary N) is 1. The van der Waals surface area contributed by atoms with Crippen LogP contribution < -0.4 is 5.32 Å². The maximum Gasteiger partial charge on any atom is 0.269 e. The third kappa shape index (κ3) is 6.87. The van der Waals surface area contributed by atoms with Crippen molar-refractivity contribution >= 4 is 23.4 Å². The lowest BCUT2D eigenvalue weighted by Crippen LogP contribution is -2.30. The van der Waals surface area contributed by atoms with Gasteiger partial charge in [0.25, 0.3) is 5.69 Å². The highest BCUT2D eigenvalue weighted by Crippen LogP contribution is 2.18. The van der Waals surface area contributed by atoms with E-state index in [1.54, 1.807) is 12.1 Å². The normalized spacial score (nSPS) is 14.5. The zero-order chi connectivity index (χ0) is 20.5. The number of benzene rings is 2. The number of rotatable bonds is 9. The molecule has 1 saturated heterocycles. The maximum atomic E-state index is 12.2. The van der Waals surface area contributed by atoms with E-state index in [1.165, 1.54) is 54.3 Å². The second-order valence-electron chi connectivity index (χ2n) is 7.30. The lowest BCUT2D eigenvalue weighted by atomic mass is 10.0. The van der Waals surface area contributed by atoms with Gasteiger partial charge in [0.05, 0.1) is 10.7 Å². The van der Waals surface area contributed by atoms with Crippen LogP contribution in [0, 0.1) is 10.1 Å². The Bertz CT molecular complexity index is 820. The van der Waals surface area contributed by atoms with E-state index in [9.17, 15) is 14.9 Å². The zero-order valence-corrected chi connectivity index (χ0v) is 17.3. The third-order valence-electron chi connectivity index (χ3n) is 5.09. The minimum Gasteiger partial charge on any atom is -0.351 e. The number of nitro groups is 1. The van der Waals surface area contributed by atoms with E-state index in [1.807, 2.05) is 6.07 Å². The van der Waals surface area contributed by atoms with Crippen LogP contribution in [0.3, 0.4) is 0 Å². The molecule has 0 spiro atoms. The van der Waals surface area contributed by atoms with Crippen LogP contribution in [0.2, 0.25) is 0 Å². The SMILES string of the molecule is O=C(CSCc1ccc([N+](=O)[O-])cc1)NCc1ccccc1CN1CCCCC1. The summed E-state index contributed by atoms with van der Waals surface area (Å²) >= 11 is 1.51. The first-order valence-electron chi connectivity index (χ1n) is 9.99. The summed E-state index contributed by atoms with van der Waals surface area (Å²) in [6.45, 7) is 3.79. The fourth-order valence-electron chi connectivity index (χ4n) is 3.46. The summed E-state index contributed by atoms with van der Waals surface area (Å²) in [6, 6.07) is 14.8. The molecule has 1 fully saturated rings. The molecule has 0 unspecified atom stereocenters. The van der Waals surface area contributed by atoms with E-state index in [0.717, 1.165) is 25.2 Å². The van der Waals surface area contributed by atoms with Crippen LogP contribution in [0.1, 0.15) is 36.0 Å². The fraction of sp³-hybridized carbons (Fsp3) is 0.409. The quantitative estimate of drug-likeness (QED) is 0.494. The van der Waals surface area contributed by atoms with Crippen molar-refractivity contribution in [1.29, 1.82) is 0 Å². The predicted octanol–water partition coefficient (Wildman–Crippen LogP) is 4.13. The van der Waals surface area contributed by atoms with Crippen LogP contribution in [-0.4, -0.2) is 34.6 Å². The van der Waals surface area contributed by atoms with E-state index >= 15 is 0 Å². The van der Waals surface area contributed by atoms with Gasteiger partial charge in [-0.25, -0.2) is 0 Å². The van der Waals surface area contributed by atoms with E-state index in [4.69, 9.17) is 0 Å². The number of nitrogens with zero attached hydrogens (tertiary/aromatic N) is 2. The highest BCUT2D eigenvalue weighted by Gasteiger charge is 2.13. The van der Waals surface area contributed by atoms with Crippen molar-refractivity contribution < 1.29 is 9.72 Å². The molecule has 0 aromatic heterocycles. The Morgan fingerprint density at radius 3 is 2.41 bits per heavy atom. The number of thioether (sulfide) groups is 1. The maximum absolute atomic E-state index is 12.2. The average molecular weight is 414 g/mol. The Balaban J connectivity index is 1.42. The van der Waals surface area contributed by atoms with Crippen LogP contribution in [-0.2, 0) is 23.6 Å². The van der Waals surface area contributed by atoms with E-state index < -0.39 is 4.92 Å². The van der Waals surface area contributed by atoms with E-state index in [-0.39, 0.29) is 11.6 Å². The largest absolute Gasteiger partial charge is 0.351 e. The summed E-state index contributed by atoms with van der Waals surface area (Å²) in [5.41, 5.74) is 3.51. The first kappa shape index (κ1) is 21.3. The van der Waals surface area contributed by atoms with Crippen LogP contribution >= 0.6 is 11.8 Å². The number of carbonyl (C=O) groups is 1. The van der Waals surface area contributed by atoms with Gasteiger partial charge in [0.2, 0.25) is 5.91 Å². The van der Waals surface area contributed by atoms with Crippen molar-refractivity contribution in [1.82, 2.24) is 10.2 Å². The van der Waals surface area contributed by atoms with Crippen molar-refractivity contribution in [3.8, 4) is 0 Å². The van der Waals surface area contributed by atoms with Crippen LogP contribution in [0.4, 0.5) is 5.69 Å². The molecule has 1 heterocycles. The molecule has 154 valence electrons. The van der Waals surface area contributed by atoms with Crippen molar-refractivity contribution in [3.05, 3.63) is 75.3 Å². The number of hydrogen-bond donors (Lipinski definition) is 1. The summed E-state index contributed by atoms with van der Waals surface area (Å²) in [4.78, 5) is 25.0. The lowest BCUT2D eigenvalue weighted by molar-refractivity contribution is -0.384. The Labute approximate surface area is 175 Å². The number of hydrogen-bond acceptors (Lipinski definition) is 5. The molecule has 6 nitrogen and oxygen atoms in total. The molecule has 0 atom stereocenters. The third-order valence-corrected chi connectivity index (χ3v) is 6.09. The monoisotopic (exact) mass is 413 g/mol. The van der Waals surface area contributed by atoms with E-state index in [0.29, 0.717) is 18.1 Å².